The molecular formula is C16H17Br2NO. The number of benzene rings is 2. The van der Waals surface area contributed by atoms with E-state index in [0.29, 0.717) is 5.75 Å². The van der Waals surface area contributed by atoms with Crippen molar-refractivity contribution in [1.29, 1.82) is 0 Å². The Labute approximate surface area is 136 Å². The number of hydrogen-bond donors (Lipinski definition) is 2. The Morgan fingerprint density at radius 3 is 2.65 bits per heavy atom. The fourth-order valence-electron chi connectivity index (χ4n) is 2.15. The fraction of sp³-hybridized carbons (Fsp3) is 0.250. The number of anilines is 1. The van der Waals surface area contributed by atoms with E-state index in [9.17, 15) is 5.11 Å². The Bertz CT molecular complexity index is 613. The van der Waals surface area contributed by atoms with Crippen LogP contribution in [0.3, 0.4) is 0 Å². The van der Waals surface area contributed by atoms with E-state index >= 15 is 0 Å². The van der Waals surface area contributed by atoms with Crippen molar-refractivity contribution in [1.82, 2.24) is 0 Å². The lowest BCUT2D eigenvalue weighted by molar-refractivity contribution is 0.462. The highest BCUT2D eigenvalue weighted by Gasteiger charge is 2.15. The highest BCUT2D eigenvalue weighted by Crippen LogP contribution is 2.34. The van der Waals surface area contributed by atoms with Gasteiger partial charge in [0.1, 0.15) is 5.75 Å². The highest BCUT2D eigenvalue weighted by atomic mass is 79.9. The third kappa shape index (κ3) is 3.36. The first kappa shape index (κ1) is 15.4. The standard InChI is InChI=1S/C16H17Br2NO/c1-3-13(12-9-11(17)7-8-15(12)20)19-14-6-4-5-10(2)16(14)18/h4-9,13,19-20H,3H2,1-2H3. The molecule has 0 fully saturated rings. The molecule has 4 heteroatoms. The summed E-state index contributed by atoms with van der Waals surface area (Å²) in [6.45, 7) is 4.16. The summed E-state index contributed by atoms with van der Waals surface area (Å²) in [4.78, 5) is 0. The molecule has 0 aliphatic rings. The number of rotatable bonds is 4. The summed E-state index contributed by atoms with van der Waals surface area (Å²) in [5.41, 5.74) is 3.12. The van der Waals surface area contributed by atoms with Gasteiger partial charge in [0.15, 0.2) is 0 Å². The maximum Gasteiger partial charge on any atom is 0.120 e. The minimum atomic E-state index is 0.0607. The molecule has 2 rings (SSSR count). The second-order valence-corrected chi connectivity index (χ2v) is 6.45. The Kier molecular flexibility index (Phi) is 5.11. The van der Waals surface area contributed by atoms with Gasteiger partial charge in [0.2, 0.25) is 0 Å². The summed E-state index contributed by atoms with van der Waals surface area (Å²) >= 11 is 7.07. The van der Waals surface area contributed by atoms with Crippen LogP contribution in [0.4, 0.5) is 5.69 Å². The Morgan fingerprint density at radius 1 is 1.20 bits per heavy atom. The molecule has 1 unspecified atom stereocenters. The second kappa shape index (κ2) is 6.64. The van der Waals surface area contributed by atoms with Crippen molar-refractivity contribution < 1.29 is 5.11 Å². The zero-order valence-corrected chi connectivity index (χ0v) is 14.6. The third-order valence-electron chi connectivity index (χ3n) is 3.29. The molecule has 2 aromatic rings. The van der Waals surface area contributed by atoms with Crippen LogP contribution in [-0.2, 0) is 0 Å². The van der Waals surface area contributed by atoms with Gasteiger partial charge < -0.3 is 10.4 Å². The molecule has 20 heavy (non-hydrogen) atoms. The van der Waals surface area contributed by atoms with Crippen LogP contribution in [0.15, 0.2) is 45.3 Å². The van der Waals surface area contributed by atoms with Crippen LogP contribution in [0.5, 0.6) is 5.75 Å². The van der Waals surface area contributed by atoms with Crippen LogP contribution in [-0.4, -0.2) is 5.11 Å². The van der Waals surface area contributed by atoms with Crippen LogP contribution in [0, 0.1) is 6.92 Å². The topological polar surface area (TPSA) is 32.3 Å². The van der Waals surface area contributed by atoms with E-state index in [2.05, 4.69) is 57.1 Å². The molecule has 0 radical (unpaired) electrons. The van der Waals surface area contributed by atoms with Crippen LogP contribution < -0.4 is 5.32 Å². The molecule has 0 bridgehead atoms. The van der Waals surface area contributed by atoms with Crippen molar-refractivity contribution >= 4 is 37.5 Å². The van der Waals surface area contributed by atoms with Gasteiger partial charge in [-0.15, -0.1) is 0 Å². The lowest BCUT2D eigenvalue weighted by Gasteiger charge is -2.21. The highest BCUT2D eigenvalue weighted by molar-refractivity contribution is 9.11. The zero-order chi connectivity index (χ0) is 14.7. The summed E-state index contributed by atoms with van der Waals surface area (Å²) < 4.78 is 2.03. The van der Waals surface area contributed by atoms with E-state index in [1.165, 1.54) is 5.56 Å². The molecule has 2 aromatic carbocycles. The first-order valence-electron chi connectivity index (χ1n) is 6.53. The maximum atomic E-state index is 10.1. The Morgan fingerprint density at radius 2 is 1.95 bits per heavy atom. The molecule has 1 atom stereocenters. The van der Waals surface area contributed by atoms with Gasteiger partial charge in [0.05, 0.1) is 6.04 Å². The molecule has 0 heterocycles. The largest absolute Gasteiger partial charge is 0.508 e. The van der Waals surface area contributed by atoms with Gasteiger partial charge in [-0.05, 0) is 59.1 Å². The number of phenolic OH excluding ortho intramolecular Hbond substituents is 1. The van der Waals surface area contributed by atoms with Crippen molar-refractivity contribution in [2.45, 2.75) is 26.3 Å². The number of halogens is 2. The number of hydrogen-bond acceptors (Lipinski definition) is 2. The summed E-state index contributed by atoms with van der Waals surface area (Å²) in [6.07, 6.45) is 0.879. The summed E-state index contributed by atoms with van der Waals surface area (Å²) in [5.74, 6) is 0.316. The molecule has 0 saturated carbocycles. The molecule has 0 aliphatic carbocycles. The fourth-order valence-corrected chi connectivity index (χ4v) is 2.91. The van der Waals surface area contributed by atoms with Gasteiger partial charge >= 0.3 is 0 Å². The van der Waals surface area contributed by atoms with Gasteiger partial charge in [-0.25, -0.2) is 0 Å². The van der Waals surface area contributed by atoms with Crippen LogP contribution in [0.25, 0.3) is 0 Å². The zero-order valence-electron chi connectivity index (χ0n) is 11.5. The third-order valence-corrected chi connectivity index (χ3v) is 4.84. The first-order valence-corrected chi connectivity index (χ1v) is 8.11. The molecule has 106 valence electrons. The lowest BCUT2D eigenvalue weighted by atomic mass is 10.0. The van der Waals surface area contributed by atoms with Crippen molar-refractivity contribution in [2.24, 2.45) is 0 Å². The van der Waals surface area contributed by atoms with Gasteiger partial charge in [-0.1, -0.05) is 35.0 Å². The predicted molar refractivity (Wildman–Crippen MR) is 91.3 cm³/mol. The number of nitrogens with one attached hydrogen (secondary N) is 1. The maximum absolute atomic E-state index is 10.1. The van der Waals surface area contributed by atoms with E-state index in [1.807, 2.05) is 24.3 Å². The molecule has 0 saturated heterocycles. The van der Waals surface area contributed by atoms with Crippen molar-refractivity contribution in [3.05, 3.63) is 56.5 Å². The normalized spacial score (nSPS) is 12.2. The molecule has 0 spiro atoms. The average molecular weight is 399 g/mol. The Hall–Kier alpha value is -1.00. The monoisotopic (exact) mass is 397 g/mol. The second-order valence-electron chi connectivity index (χ2n) is 4.74. The van der Waals surface area contributed by atoms with E-state index < -0.39 is 0 Å². The van der Waals surface area contributed by atoms with Gasteiger partial charge in [-0.3, -0.25) is 0 Å². The molecule has 2 nitrogen and oxygen atoms in total. The first-order chi connectivity index (χ1) is 9.52. The van der Waals surface area contributed by atoms with Gasteiger partial charge in [0, 0.05) is 20.2 Å². The molecule has 2 N–H and O–H groups in total. The summed E-state index contributed by atoms with van der Waals surface area (Å²) in [5, 5.41) is 13.6. The van der Waals surface area contributed by atoms with Crippen LogP contribution >= 0.6 is 31.9 Å². The minimum Gasteiger partial charge on any atom is -0.508 e. The SMILES string of the molecule is CCC(Nc1cccc(C)c1Br)c1cc(Br)ccc1O. The van der Waals surface area contributed by atoms with Crippen LogP contribution in [0.2, 0.25) is 0 Å². The number of phenols is 1. The summed E-state index contributed by atoms with van der Waals surface area (Å²) in [7, 11) is 0. The molecule has 0 amide bonds. The van der Waals surface area contributed by atoms with Crippen molar-refractivity contribution in [3.63, 3.8) is 0 Å². The van der Waals surface area contributed by atoms with E-state index in [4.69, 9.17) is 0 Å². The number of aromatic hydroxyl groups is 1. The van der Waals surface area contributed by atoms with Gasteiger partial charge in [0.25, 0.3) is 0 Å². The minimum absolute atomic E-state index is 0.0607. The summed E-state index contributed by atoms with van der Waals surface area (Å²) in [6, 6.07) is 11.7. The van der Waals surface area contributed by atoms with E-state index in [0.717, 1.165) is 26.6 Å². The van der Waals surface area contributed by atoms with Crippen molar-refractivity contribution in [2.75, 3.05) is 5.32 Å². The van der Waals surface area contributed by atoms with E-state index in [1.54, 1.807) is 6.07 Å². The van der Waals surface area contributed by atoms with Gasteiger partial charge in [-0.2, -0.15) is 0 Å². The lowest BCUT2D eigenvalue weighted by Crippen LogP contribution is -2.10. The Balaban J connectivity index is 2.34. The molecular weight excluding hydrogens is 382 g/mol. The smallest absolute Gasteiger partial charge is 0.120 e. The predicted octanol–water partition coefficient (Wildman–Crippen LogP) is 5.79. The van der Waals surface area contributed by atoms with Crippen LogP contribution in [0.1, 0.15) is 30.5 Å². The average Bonchev–Trinajstić information content (AvgIpc) is 2.43. The quantitative estimate of drug-likeness (QED) is 0.683. The number of aryl methyl sites for hydroxylation is 1. The van der Waals surface area contributed by atoms with E-state index in [-0.39, 0.29) is 6.04 Å². The molecule has 0 aromatic heterocycles. The van der Waals surface area contributed by atoms with Crippen molar-refractivity contribution in [3.8, 4) is 5.75 Å². The molecule has 0 aliphatic heterocycles.